The highest BCUT2D eigenvalue weighted by atomic mass is 32.2. The maximum Gasteiger partial charge on any atom is 0.162 e. The van der Waals surface area contributed by atoms with Crippen LogP contribution < -0.4 is 10.2 Å². The van der Waals surface area contributed by atoms with Crippen LogP contribution >= 0.6 is 11.8 Å². The van der Waals surface area contributed by atoms with Crippen LogP contribution in [0.15, 0.2) is 47.4 Å². The van der Waals surface area contributed by atoms with E-state index in [1.807, 2.05) is 11.8 Å². The summed E-state index contributed by atoms with van der Waals surface area (Å²) in [6, 6.07) is 12.8. The van der Waals surface area contributed by atoms with Crippen LogP contribution in [-0.4, -0.2) is 36.7 Å². The molecule has 3 nitrogen and oxygen atoms in total. The average molecular weight is 411 g/mol. The second-order valence-corrected chi connectivity index (χ2v) is 9.58. The number of nitrogens with zero attached hydrogens (tertiary/aromatic N) is 1. The van der Waals surface area contributed by atoms with Crippen molar-refractivity contribution in [2.75, 3.05) is 30.3 Å². The molecule has 0 aromatic heterocycles. The molecule has 0 unspecified atom stereocenters. The van der Waals surface area contributed by atoms with Crippen LogP contribution in [0.25, 0.3) is 0 Å². The number of Topliss-reactive ketones (excluding diaryl/α,β-unsaturated/α-hetero) is 1. The second-order valence-electron chi connectivity index (χ2n) is 8.44. The second kappa shape index (κ2) is 7.77. The zero-order chi connectivity index (χ0) is 19.8. The predicted octanol–water partition coefficient (Wildman–Crippen LogP) is 5.01. The molecule has 2 aromatic rings. The van der Waals surface area contributed by atoms with E-state index in [4.69, 9.17) is 0 Å². The van der Waals surface area contributed by atoms with E-state index in [9.17, 15) is 9.18 Å². The number of anilines is 1. The van der Waals surface area contributed by atoms with E-state index in [1.165, 1.54) is 40.5 Å². The van der Waals surface area contributed by atoms with Crippen LogP contribution in [0.1, 0.15) is 53.9 Å². The van der Waals surface area contributed by atoms with Gasteiger partial charge in [0, 0.05) is 41.4 Å². The number of ketones is 1. The van der Waals surface area contributed by atoms with Crippen LogP contribution in [0.5, 0.6) is 0 Å². The number of carbonyl (C=O) groups excluding carboxylic acids is 1. The summed E-state index contributed by atoms with van der Waals surface area (Å²) in [7, 11) is 0. The molecule has 0 radical (unpaired) electrons. The summed E-state index contributed by atoms with van der Waals surface area (Å²) in [4.78, 5) is 16.8. The highest BCUT2D eigenvalue weighted by molar-refractivity contribution is 7.99. The topological polar surface area (TPSA) is 32.3 Å². The lowest BCUT2D eigenvalue weighted by Crippen LogP contribution is -2.56. The molecule has 0 aliphatic carbocycles. The van der Waals surface area contributed by atoms with E-state index in [2.05, 4.69) is 28.4 Å². The fourth-order valence-electron chi connectivity index (χ4n) is 5.60. The number of hydrogen-bond acceptors (Lipinski definition) is 4. The molecule has 0 spiro atoms. The van der Waals surface area contributed by atoms with Crippen molar-refractivity contribution in [2.45, 2.75) is 48.5 Å². The van der Waals surface area contributed by atoms with Crippen molar-refractivity contribution in [2.24, 2.45) is 0 Å². The van der Waals surface area contributed by atoms with Crippen molar-refractivity contribution in [3.05, 3.63) is 59.4 Å². The standard InChI is InChI=1S/C24H27FN2OS/c25-18-9-7-17(8-10-18)21(28)5-2-11-24-12-13-26-16-20(24)19-4-1-6-22-23(19)27(24)14-3-15-29-22/h1,4,6-10,20,26H,2-3,5,11-16H2/t20-,24-/m0/s1. The average Bonchev–Trinajstić information content (AvgIpc) is 2.86. The lowest BCUT2D eigenvalue weighted by atomic mass is 9.73. The largest absolute Gasteiger partial charge is 0.364 e. The monoisotopic (exact) mass is 410 g/mol. The number of piperidine rings is 1. The molecule has 2 atom stereocenters. The van der Waals surface area contributed by atoms with Gasteiger partial charge in [0.25, 0.3) is 0 Å². The first-order chi connectivity index (χ1) is 14.2. The Hall–Kier alpha value is -1.85. The molecule has 5 rings (SSSR count). The van der Waals surface area contributed by atoms with Crippen molar-refractivity contribution in [3.8, 4) is 0 Å². The number of para-hydroxylation sites is 1. The van der Waals surface area contributed by atoms with Crippen LogP contribution in [0.2, 0.25) is 0 Å². The molecule has 3 aliphatic rings. The molecule has 0 saturated carbocycles. The molecule has 5 heteroatoms. The Morgan fingerprint density at radius 3 is 2.97 bits per heavy atom. The SMILES string of the molecule is O=C(CCC[C@]12CCNC[C@H]1c1cccc3c1N2CCCS3)c1ccc(F)cc1. The highest BCUT2D eigenvalue weighted by Gasteiger charge is 2.52. The van der Waals surface area contributed by atoms with Crippen LogP contribution in [-0.2, 0) is 0 Å². The molecule has 1 N–H and O–H groups in total. The summed E-state index contributed by atoms with van der Waals surface area (Å²) in [5.74, 6) is 1.49. The first-order valence-corrected chi connectivity index (χ1v) is 11.7. The summed E-state index contributed by atoms with van der Waals surface area (Å²) in [5.41, 5.74) is 3.70. The minimum absolute atomic E-state index is 0.120. The van der Waals surface area contributed by atoms with Gasteiger partial charge in [-0.25, -0.2) is 4.39 Å². The van der Waals surface area contributed by atoms with Gasteiger partial charge >= 0.3 is 0 Å². The van der Waals surface area contributed by atoms with Crippen LogP contribution in [0, 0.1) is 5.82 Å². The molecular weight excluding hydrogens is 383 g/mol. The van der Waals surface area contributed by atoms with Gasteiger partial charge in [-0.1, -0.05) is 12.1 Å². The number of carbonyl (C=O) groups is 1. The first-order valence-electron chi connectivity index (χ1n) is 10.7. The number of nitrogens with one attached hydrogen (secondary N) is 1. The molecule has 3 aliphatic heterocycles. The lowest BCUT2D eigenvalue weighted by Gasteiger charge is -2.47. The fourth-order valence-corrected chi connectivity index (χ4v) is 6.63. The third-order valence-electron chi connectivity index (χ3n) is 6.91. The smallest absolute Gasteiger partial charge is 0.162 e. The summed E-state index contributed by atoms with van der Waals surface area (Å²) in [6.07, 6.45) is 4.76. The van der Waals surface area contributed by atoms with E-state index in [-0.39, 0.29) is 17.1 Å². The number of thioether (sulfide) groups is 1. The van der Waals surface area contributed by atoms with Gasteiger partial charge in [-0.2, -0.15) is 0 Å². The Bertz CT molecular complexity index is 916. The zero-order valence-electron chi connectivity index (χ0n) is 16.6. The third kappa shape index (κ3) is 3.28. The summed E-state index contributed by atoms with van der Waals surface area (Å²) < 4.78 is 13.1. The molecule has 3 heterocycles. The van der Waals surface area contributed by atoms with E-state index >= 15 is 0 Å². The minimum Gasteiger partial charge on any atom is -0.364 e. The van der Waals surface area contributed by atoms with Crippen LogP contribution in [0.4, 0.5) is 10.1 Å². The van der Waals surface area contributed by atoms with E-state index in [1.54, 1.807) is 12.1 Å². The van der Waals surface area contributed by atoms with E-state index in [0.29, 0.717) is 17.9 Å². The Labute approximate surface area is 176 Å². The number of benzene rings is 2. The Morgan fingerprint density at radius 2 is 2.10 bits per heavy atom. The number of fused-ring (bicyclic) bond motifs is 3. The third-order valence-corrected chi connectivity index (χ3v) is 8.04. The quantitative estimate of drug-likeness (QED) is 0.703. The molecule has 29 heavy (non-hydrogen) atoms. The Balaban J connectivity index is 1.38. The Kier molecular flexibility index (Phi) is 5.12. The van der Waals surface area contributed by atoms with Gasteiger partial charge in [-0.05, 0) is 73.9 Å². The zero-order valence-corrected chi connectivity index (χ0v) is 17.4. The minimum atomic E-state index is -0.295. The summed E-state index contributed by atoms with van der Waals surface area (Å²) in [5, 5.41) is 3.62. The van der Waals surface area contributed by atoms with Crippen molar-refractivity contribution >= 4 is 23.2 Å². The van der Waals surface area contributed by atoms with Crippen molar-refractivity contribution in [1.82, 2.24) is 5.32 Å². The maximum atomic E-state index is 13.1. The molecule has 2 aromatic carbocycles. The summed E-state index contributed by atoms with van der Waals surface area (Å²) >= 11 is 1.99. The van der Waals surface area contributed by atoms with Gasteiger partial charge in [0.2, 0.25) is 0 Å². The molecule has 1 fully saturated rings. The first kappa shape index (κ1) is 19.1. The highest BCUT2D eigenvalue weighted by Crippen LogP contribution is 2.56. The van der Waals surface area contributed by atoms with Crippen molar-refractivity contribution in [3.63, 3.8) is 0 Å². The van der Waals surface area contributed by atoms with Crippen molar-refractivity contribution in [1.29, 1.82) is 0 Å². The molecular formula is C24H27FN2OS. The number of rotatable bonds is 5. The van der Waals surface area contributed by atoms with Gasteiger partial charge in [0.05, 0.1) is 5.69 Å². The van der Waals surface area contributed by atoms with Gasteiger partial charge < -0.3 is 10.2 Å². The van der Waals surface area contributed by atoms with Gasteiger partial charge in [0.1, 0.15) is 5.82 Å². The normalized spacial score (nSPS) is 25.3. The molecule has 152 valence electrons. The molecule has 0 bridgehead atoms. The number of halogens is 1. The molecule has 1 saturated heterocycles. The lowest BCUT2D eigenvalue weighted by molar-refractivity contribution is 0.0974. The predicted molar refractivity (Wildman–Crippen MR) is 117 cm³/mol. The van der Waals surface area contributed by atoms with E-state index < -0.39 is 0 Å². The van der Waals surface area contributed by atoms with Gasteiger partial charge in [-0.15, -0.1) is 11.8 Å². The van der Waals surface area contributed by atoms with Crippen LogP contribution in [0.3, 0.4) is 0 Å². The Morgan fingerprint density at radius 1 is 1.24 bits per heavy atom. The van der Waals surface area contributed by atoms with Crippen molar-refractivity contribution < 1.29 is 9.18 Å². The van der Waals surface area contributed by atoms with E-state index in [0.717, 1.165) is 38.9 Å². The maximum absolute atomic E-state index is 13.1. The summed E-state index contributed by atoms with van der Waals surface area (Å²) in [6.45, 7) is 3.17. The van der Waals surface area contributed by atoms with Gasteiger partial charge in [0.15, 0.2) is 5.78 Å². The molecule has 0 amide bonds. The van der Waals surface area contributed by atoms with Gasteiger partial charge in [-0.3, -0.25) is 4.79 Å². The fraction of sp³-hybridized carbons (Fsp3) is 0.458. The number of hydrogen-bond donors (Lipinski definition) is 1.